The largest absolute Gasteiger partial charge is 0.454 e. The second kappa shape index (κ2) is 9.90. The summed E-state index contributed by atoms with van der Waals surface area (Å²) in [5.74, 6) is 1.65. The number of rotatable bonds is 0. The van der Waals surface area contributed by atoms with Crippen LogP contribution < -0.4 is 21.1 Å². The first-order valence-corrected chi connectivity index (χ1v) is 21.8. The van der Waals surface area contributed by atoms with Crippen LogP contribution >= 0.6 is 0 Å². The summed E-state index contributed by atoms with van der Waals surface area (Å²) in [4.78, 5) is 0. The summed E-state index contributed by atoms with van der Waals surface area (Å²) < 4.78 is 32.2. The molecule has 16 rings (SSSR count). The highest BCUT2D eigenvalue weighted by molar-refractivity contribution is 7.02. The monoisotopic (exact) mass is 800 g/mol. The Hall–Kier alpha value is -7.32. The minimum absolute atomic E-state index is 0.145. The minimum Gasteiger partial charge on any atom is -0.454 e. The van der Waals surface area contributed by atoms with Gasteiger partial charge in [0.15, 0.2) is 16.9 Å². The third-order valence-electron chi connectivity index (χ3n) is 14.7. The number of furan rings is 2. The second-order valence-electron chi connectivity index (χ2n) is 20.0. The van der Waals surface area contributed by atoms with E-state index in [1.807, 2.05) is 0 Å². The number of hydrogen-bond donors (Lipinski definition) is 0. The molecule has 3 aliphatic rings. The van der Waals surface area contributed by atoms with E-state index in [2.05, 4.69) is 175 Å². The van der Waals surface area contributed by atoms with Gasteiger partial charge in [-0.05, 0) is 52.7 Å². The molecule has 0 amide bonds. The summed E-state index contributed by atoms with van der Waals surface area (Å²) >= 11 is 0. The van der Waals surface area contributed by atoms with Crippen molar-refractivity contribution < 1.29 is 13.6 Å². The van der Waals surface area contributed by atoms with Gasteiger partial charge < -0.3 is 13.6 Å². The van der Waals surface area contributed by atoms with Crippen LogP contribution in [-0.2, 0) is 10.8 Å². The zero-order valence-electron chi connectivity index (χ0n) is 35.1. The highest BCUT2D eigenvalue weighted by atomic mass is 16.5. The average Bonchev–Trinajstić information content (AvgIpc) is 4.09. The Labute approximate surface area is 354 Å². The van der Waals surface area contributed by atoms with Crippen LogP contribution in [-0.4, -0.2) is 24.6 Å². The molecule has 0 unspecified atom stereocenters. The van der Waals surface area contributed by atoms with Crippen LogP contribution in [0.5, 0.6) is 11.5 Å². The highest BCUT2D eigenvalue weighted by Crippen LogP contribution is 2.54. The van der Waals surface area contributed by atoms with Crippen molar-refractivity contribution in [3.05, 3.63) is 126 Å². The Balaban J connectivity index is 1.25. The lowest BCUT2D eigenvalue weighted by Gasteiger charge is -2.37. The highest BCUT2D eigenvalue weighted by Gasteiger charge is 2.51. The summed E-state index contributed by atoms with van der Waals surface area (Å²) in [6.45, 7) is 14.0. The van der Waals surface area contributed by atoms with Crippen molar-refractivity contribution in [3.63, 3.8) is 0 Å². The van der Waals surface area contributed by atoms with Gasteiger partial charge in [-0.25, -0.2) is 0 Å². The first-order chi connectivity index (χ1) is 30.1. The van der Waals surface area contributed by atoms with E-state index in [4.69, 9.17) is 13.6 Å². The molecule has 0 saturated heterocycles. The van der Waals surface area contributed by atoms with E-state index in [1.54, 1.807) is 0 Å². The standard InChI is InChI=1S/C54H37BN4O3/c1-53(2,3)38-26-16-7-11-20-30(26)56-43-36-28-18-9-13-24-34(28)61-49(36)50-42-44(43)58(51(38)56)32-22-15-23-33-40(32)55(42)41-45-46(48-37(47(41)62-50)29-19-10-14-25-35(29)60-48)57-31-21-12-8-17-27(31)39(54(4,5)6)52(57)59(33)45/h7-25H,1-6H3. The molecule has 0 spiro atoms. The van der Waals surface area contributed by atoms with Crippen LogP contribution in [0.15, 0.2) is 124 Å². The molecule has 3 aliphatic heterocycles. The smallest absolute Gasteiger partial charge is 0.262 e. The molecule has 0 fully saturated rings. The second-order valence-corrected chi connectivity index (χ2v) is 20.0. The lowest BCUT2D eigenvalue weighted by atomic mass is 9.33. The van der Waals surface area contributed by atoms with Gasteiger partial charge in [-0.15, -0.1) is 0 Å². The molecule has 7 nitrogen and oxygen atoms in total. The lowest BCUT2D eigenvalue weighted by Crippen LogP contribution is -2.61. The topological polar surface area (TPSA) is 54.2 Å². The zero-order chi connectivity index (χ0) is 41.0. The van der Waals surface area contributed by atoms with Crippen LogP contribution in [0.2, 0.25) is 0 Å². The quantitative estimate of drug-likeness (QED) is 0.144. The maximum absolute atomic E-state index is 7.73. The van der Waals surface area contributed by atoms with Crippen LogP contribution in [0.25, 0.3) is 110 Å². The summed E-state index contributed by atoms with van der Waals surface area (Å²) in [5.41, 5.74) is 20.9. The summed E-state index contributed by atoms with van der Waals surface area (Å²) in [7, 11) is 0. The number of nitrogens with zero attached hydrogens (tertiary/aromatic N) is 4. The van der Waals surface area contributed by atoms with E-state index >= 15 is 0 Å². The van der Waals surface area contributed by atoms with E-state index in [-0.39, 0.29) is 17.5 Å². The van der Waals surface area contributed by atoms with Gasteiger partial charge in [0.2, 0.25) is 0 Å². The fourth-order valence-electron chi connectivity index (χ4n) is 12.7. The van der Waals surface area contributed by atoms with Crippen molar-refractivity contribution in [2.75, 3.05) is 0 Å². The number of imidazole rings is 2. The summed E-state index contributed by atoms with van der Waals surface area (Å²) in [6, 6.07) is 41.8. The number of benzene rings is 7. The number of fused-ring (bicyclic) bond motifs is 22. The van der Waals surface area contributed by atoms with Gasteiger partial charge in [-0.1, -0.05) is 120 Å². The Morgan fingerprint density at radius 1 is 0.435 bits per heavy atom. The SMILES string of the molecule is CC(C)(C)c1c2ccccc2n2c3c4oc5ccccc5c4c4c5c3n(c12)-c1cccc2c1B5c1c(c3oc5ccccc5c3c3c1n-2c1c(C(C)(C)C)c2ccccc2n31)O4. The van der Waals surface area contributed by atoms with Gasteiger partial charge in [-0.2, -0.15) is 0 Å². The molecular weight excluding hydrogens is 763 g/mol. The number of hydrogen-bond acceptors (Lipinski definition) is 3. The van der Waals surface area contributed by atoms with Crippen molar-refractivity contribution in [2.24, 2.45) is 0 Å². The fourth-order valence-corrected chi connectivity index (χ4v) is 12.7. The van der Waals surface area contributed by atoms with Crippen LogP contribution in [0.4, 0.5) is 0 Å². The van der Waals surface area contributed by atoms with E-state index in [0.29, 0.717) is 0 Å². The number of para-hydroxylation sites is 4. The average molecular weight is 801 g/mol. The maximum Gasteiger partial charge on any atom is 0.262 e. The molecule has 13 aromatic rings. The predicted octanol–water partition coefficient (Wildman–Crippen LogP) is 12.0. The molecule has 8 heteroatoms. The predicted molar refractivity (Wildman–Crippen MR) is 254 cm³/mol. The number of ether oxygens (including phenoxy) is 1. The van der Waals surface area contributed by atoms with Crippen LogP contribution in [0.3, 0.4) is 0 Å². The Kier molecular flexibility index (Phi) is 5.18. The third-order valence-corrected chi connectivity index (χ3v) is 14.7. The van der Waals surface area contributed by atoms with Gasteiger partial charge in [0.05, 0.1) is 38.4 Å². The first-order valence-electron chi connectivity index (χ1n) is 21.8. The lowest BCUT2D eigenvalue weighted by molar-refractivity contribution is 0.486. The zero-order valence-corrected chi connectivity index (χ0v) is 35.1. The molecule has 0 N–H and O–H groups in total. The molecule has 0 bridgehead atoms. The molecule has 7 aromatic carbocycles. The molecule has 62 heavy (non-hydrogen) atoms. The Morgan fingerprint density at radius 3 is 1.52 bits per heavy atom. The first kappa shape index (κ1) is 32.5. The van der Waals surface area contributed by atoms with Gasteiger partial charge in [0, 0.05) is 55.0 Å². The minimum atomic E-state index is -0.184. The molecule has 0 aliphatic carbocycles. The normalized spacial score (nSPS) is 14.4. The van der Waals surface area contributed by atoms with Crippen molar-refractivity contribution in [1.82, 2.24) is 17.9 Å². The molecule has 0 saturated carbocycles. The van der Waals surface area contributed by atoms with Crippen LogP contribution in [0, 0.1) is 0 Å². The Bertz CT molecular complexity index is 4340. The summed E-state index contributed by atoms with van der Waals surface area (Å²) in [6.07, 6.45) is 0. The van der Waals surface area contributed by atoms with Gasteiger partial charge in [0.1, 0.15) is 33.7 Å². The van der Waals surface area contributed by atoms with Gasteiger partial charge in [0.25, 0.3) is 6.71 Å². The fraction of sp³-hybridized carbons (Fsp3) is 0.148. The van der Waals surface area contributed by atoms with Crippen molar-refractivity contribution in [3.8, 4) is 22.9 Å². The van der Waals surface area contributed by atoms with E-state index < -0.39 is 0 Å². The molecule has 0 radical (unpaired) electrons. The van der Waals surface area contributed by atoms with E-state index in [1.165, 1.54) is 72.0 Å². The van der Waals surface area contributed by atoms with Crippen molar-refractivity contribution in [1.29, 1.82) is 0 Å². The van der Waals surface area contributed by atoms with E-state index in [9.17, 15) is 0 Å². The van der Waals surface area contributed by atoms with Gasteiger partial charge >= 0.3 is 0 Å². The molecule has 0 atom stereocenters. The van der Waals surface area contributed by atoms with Crippen molar-refractivity contribution in [2.45, 2.75) is 52.4 Å². The molecule has 9 heterocycles. The van der Waals surface area contributed by atoms with Crippen LogP contribution in [0.1, 0.15) is 52.7 Å². The third kappa shape index (κ3) is 3.29. The Morgan fingerprint density at radius 2 is 0.919 bits per heavy atom. The molecular formula is C54H37BN4O3. The van der Waals surface area contributed by atoms with Crippen molar-refractivity contribution >= 4 is 122 Å². The molecule has 294 valence electrons. The number of aromatic nitrogens is 4. The maximum atomic E-state index is 7.73. The molecule has 6 aromatic heterocycles. The van der Waals surface area contributed by atoms with E-state index in [0.717, 1.165) is 77.4 Å². The van der Waals surface area contributed by atoms with Gasteiger partial charge in [-0.3, -0.25) is 17.9 Å². The summed E-state index contributed by atoms with van der Waals surface area (Å²) in [5, 5.41) is 6.73.